The van der Waals surface area contributed by atoms with Gasteiger partial charge in [0.15, 0.2) is 11.6 Å². The van der Waals surface area contributed by atoms with E-state index < -0.39 is 12.1 Å². The number of hydrogen-bond acceptors (Lipinski definition) is 6. The minimum atomic E-state index is -0.460. The molecule has 0 aliphatic carbocycles. The number of aliphatic hydroxyl groups excluding tert-OH is 2. The molecular weight excluding hydrogens is 535 g/mol. The molecule has 0 fully saturated rings. The molecule has 1 radical (unpaired) electrons. The zero-order valence-electron chi connectivity index (χ0n) is 24.1. The van der Waals surface area contributed by atoms with Gasteiger partial charge < -0.3 is 10.2 Å². The molecule has 0 saturated heterocycles. The summed E-state index contributed by atoms with van der Waals surface area (Å²) >= 11 is 0. The smallest absolute Gasteiger partial charge is 0.158 e. The predicted molar refractivity (Wildman–Crippen MR) is 155 cm³/mol. The normalized spacial score (nSPS) is 14.0. The molecule has 211 valence electrons. The van der Waals surface area contributed by atoms with Crippen LogP contribution in [0.3, 0.4) is 0 Å². The third kappa shape index (κ3) is 9.04. The number of hydrogen-bond donors (Lipinski definition) is 2. The van der Waals surface area contributed by atoms with Crippen molar-refractivity contribution in [3.8, 4) is 0 Å². The number of allylic oxidation sites excluding steroid dienone is 2. The summed E-state index contributed by atoms with van der Waals surface area (Å²) in [5.74, 6) is -0.437. The van der Waals surface area contributed by atoms with Crippen molar-refractivity contribution >= 4 is 24.0 Å². The summed E-state index contributed by atoms with van der Waals surface area (Å²) in [5, 5.41) is 19.2. The van der Waals surface area contributed by atoms with Gasteiger partial charge in [-0.3, -0.25) is 19.6 Å². The number of aryl methyl sites for hydroxylation is 6. The standard InChI is InChI=1S/C32H40N2O4.Co/c1-19-13-21(3)29(22(4)14-19)31(33-11-9-27(17-35)25(7)37)32(34-12-10-28(18-36)26(8)38)30-23(5)15-20(2)16-24(30)6;/h9-16,31-32,35-36H,17-18H2,1-8H3;/b27-9+,28-10+,33-11?,34-12?;/t31-,32-;/m0./s1. The average molecular weight is 576 g/mol. The van der Waals surface area contributed by atoms with E-state index in [1.165, 1.54) is 13.8 Å². The number of benzene rings is 2. The first kappa shape index (κ1) is 34.1. The first-order chi connectivity index (χ1) is 17.9. The van der Waals surface area contributed by atoms with Crippen molar-refractivity contribution in [1.82, 2.24) is 0 Å². The molecule has 2 aromatic rings. The molecule has 0 heterocycles. The van der Waals surface area contributed by atoms with Gasteiger partial charge in [0.2, 0.25) is 0 Å². The Balaban J connectivity index is 0.00000760. The first-order valence-corrected chi connectivity index (χ1v) is 12.7. The first-order valence-electron chi connectivity index (χ1n) is 12.7. The van der Waals surface area contributed by atoms with Gasteiger partial charge in [0, 0.05) is 40.4 Å². The summed E-state index contributed by atoms with van der Waals surface area (Å²) in [6.45, 7) is 14.4. The number of carbonyl (C=O) groups is 2. The van der Waals surface area contributed by atoms with Crippen LogP contribution >= 0.6 is 0 Å². The van der Waals surface area contributed by atoms with Crippen LogP contribution in [-0.2, 0) is 26.4 Å². The van der Waals surface area contributed by atoms with Crippen LogP contribution in [0.15, 0.2) is 57.5 Å². The number of nitrogens with zero attached hydrogens (tertiary/aromatic N) is 2. The summed E-state index contributed by atoms with van der Waals surface area (Å²) < 4.78 is 0. The molecule has 0 aromatic heterocycles. The molecule has 0 amide bonds. The number of ketones is 2. The minimum absolute atomic E-state index is 0. The topological polar surface area (TPSA) is 99.3 Å². The Labute approximate surface area is 242 Å². The summed E-state index contributed by atoms with van der Waals surface area (Å²) in [6.07, 6.45) is 6.23. The van der Waals surface area contributed by atoms with E-state index in [0.717, 1.165) is 44.5 Å². The van der Waals surface area contributed by atoms with Gasteiger partial charge in [-0.25, -0.2) is 0 Å². The molecule has 0 bridgehead atoms. The van der Waals surface area contributed by atoms with E-state index in [1.54, 1.807) is 24.6 Å². The van der Waals surface area contributed by atoms with Crippen molar-refractivity contribution in [2.24, 2.45) is 9.98 Å². The summed E-state index contributed by atoms with van der Waals surface area (Å²) in [4.78, 5) is 33.6. The van der Waals surface area contributed by atoms with Gasteiger partial charge in [-0.05, 0) is 101 Å². The Bertz CT molecular complexity index is 1170. The average Bonchev–Trinajstić information content (AvgIpc) is 2.80. The van der Waals surface area contributed by atoms with Crippen LogP contribution in [-0.4, -0.2) is 47.4 Å². The number of aliphatic hydroxyl groups is 2. The monoisotopic (exact) mass is 575 g/mol. The molecule has 6 nitrogen and oxygen atoms in total. The van der Waals surface area contributed by atoms with Gasteiger partial charge in [0.25, 0.3) is 0 Å². The second kappa shape index (κ2) is 15.6. The molecule has 0 unspecified atom stereocenters. The SMILES string of the molecule is CC(=O)/C(=C/C=N[C@@H](c1c(C)cc(C)cc1C)[C@@H](N=C/C=C(\CO)C(C)=O)c1c(C)cc(C)cc1C)CO.[Co]. The maximum absolute atomic E-state index is 11.9. The van der Waals surface area contributed by atoms with Crippen LogP contribution in [0.5, 0.6) is 0 Å². The van der Waals surface area contributed by atoms with Crippen molar-refractivity contribution in [2.45, 2.75) is 67.5 Å². The van der Waals surface area contributed by atoms with E-state index in [2.05, 4.69) is 65.8 Å². The van der Waals surface area contributed by atoms with E-state index in [-0.39, 0.29) is 52.7 Å². The molecular formula is C32H40CoN2O4. The van der Waals surface area contributed by atoms with Gasteiger partial charge in [0.1, 0.15) is 12.1 Å². The van der Waals surface area contributed by atoms with E-state index in [9.17, 15) is 19.8 Å². The van der Waals surface area contributed by atoms with Crippen molar-refractivity contribution in [1.29, 1.82) is 0 Å². The zero-order chi connectivity index (χ0) is 28.6. The maximum atomic E-state index is 11.9. The summed E-state index contributed by atoms with van der Waals surface area (Å²) in [6, 6.07) is 7.54. The molecule has 2 atom stereocenters. The quantitative estimate of drug-likeness (QED) is 0.274. The Hall–Kier alpha value is -2.97. The Morgan fingerprint density at radius 2 is 0.949 bits per heavy atom. The van der Waals surface area contributed by atoms with Crippen LogP contribution in [0.4, 0.5) is 0 Å². The van der Waals surface area contributed by atoms with Crippen molar-refractivity contribution in [3.05, 3.63) is 92.1 Å². The van der Waals surface area contributed by atoms with Crippen LogP contribution in [0.1, 0.15) is 70.4 Å². The largest absolute Gasteiger partial charge is 0.392 e. The van der Waals surface area contributed by atoms with Gasteiger partial charge in [0.05, 0.1) is 13.2 Å². The number of carbonyl (C=O) groups excluding carboxylic acids is 2. The second-order valence-electron chi connectivity index (χ2n) is 9.92. The fourth-order valence-corrected chi connectivity index (χ4v) is 4.96. The Morgan fingerprint density at radius 3 is 1.18 bits per heavy atom. The Morgan fingerprint density at radius 1 is 0.667 bits per heavy atom. The van der Waals surface area contributed by atoms with Crippen LogP contribution < -0.4 is 0 Å². The third-order valence-corrected chi connectivity index (χ3v) is 6.66. The van der Waals surface area contributed by atoms with Gasteiger partial charge in [-0.2, -0.15) is 0 Å². The molecule has 7 heteroatoms. The third-order valence-electron chi connectivity index (χ3n) is 6.66. The maximum Gasteiger partial charge on any atom is 0.158 e. The summed E-state index contributed by atoms with van der Waals surface area (Å²) in [7, 11) is 0. The van der Waals surface area contributed by atoms with E-state index in [4.69, 9.17) is 9.98 Å². The van der Waals surface area contributed by atoms with Crippen molar-refractivity contribution in [3.63, 3.8) is 0 Å². The van der Waals surface area contributed by atoms with E-state index in [1.807, 2.05) is 0 Å². The molecule has 2 aromatic carbocycles. The molecule has 0 spiro atoms. The fourth-order valence-electron chi connectivity index (χ4n) is 4.96. The fraction of sp³-hybridized carbons (Fsp3) is 0.375. The molecule has 0 saturated carbocycles. The van der Waals surface area contributed by atoms with Crippen molar-refractivity contribution < 1.29 is 36.6 Å². The van der Waals surface area contributed by atoms with Crippen LogP contribution in [0, 0.1) is 41.5 Å². The molecule has 2 N–H and O–H groups in total. The molecule has 0 aliphatic rings. The molecule has 2 rings (SSSR count). The predicted octanol–water partition coefficient (Wildman–Crippen LogP) is 5.47. The summed E-state index contributed by atoms with van der Waals surface area (Å²) in [5.41, 5.74) is 9.15. The Kier molecular flexibility index (Phi) is 13.6. The van der Waals surface area contributed by atoms with E-state index in [0.29, 0.717) is 0 Å². The van der Waals surface area contributed by atoms with Crippen LogP contribution in [0.25, 0.3) is 0 Å². The van der Waals surface area contributed by atoms with Crippen LogP contribution in [0.2, 0.25) is 0 Å². The van der Waals surface area contributed by atoms with E-state index >= 15 is 0 Å². The number of Topliss-reactive ketones (excluding diaryl/α,β-unsaturated/α-hetero) is 2. The molecule has 39 heavy (non-hydrogen) atoms. The van der Waals surface area contributed by atoms with Gasteiger partial charge in [-0.15, -0.1) is 0 Å². The minimum Gasteiger partial charge on any atom is -0.392 e. The number of rotatable bonds is 11. The second-order valence-corrected chi connectivity index (χ2v) is 9.92. The zero-order valence-corrected chi connectivity index (χ0v) is 25.2. The van der Waals surface area contributed by atoms with Crippen molar-refractivity contribution in [2.75, 3.05) is 13.2 Å². The van der Waals surface area contributed by atoms with Gasteiger partial charge in [-0.1, -0.05) is 35.4 Å². The number of aliphatic imine (C=N–C) groups is 2. The molecule has 0 aliphatic heterocycles. The van der Waals surface area contributed by atoms with Gasteiger partial charge >= 0.3 is 0 Å².